The Kier molecular flexibility index (Phi) is 6.78. The monoisotopic (exact) mass is 471 g/mol. The van der Waals surface area contributed by atoms with E-state index in [4.69, 9.17) is 9.47 Å². The average Bonchev–Trinajstić information content (AvgIpc) is 3.13. The van der Waals surface area contributed by atoms with Crippen molar-refractivity contribution in [2.75, 3.05) is 11.9 Å². The van der Waals surface area contributed by atoms with Crippen LogP contribution in [0.3, 0.4) is 0 Å². The van der Waals surface area contributed by atoms with E-state index in [0.29, 0.717) is 15.7 Å². The van der Waals surface area contributed by atoms with Gasteiger partial charge in [0.15, 0.2) is 0 Å². The maximum Gasteiger partial charge on any atom is 0.387 e. The standard InChI is InChI=1S/C18H20BrF2N5O3/c1-3-4-5-8-28-16(27)14-10(2)22-18-23-24-25-26(18)15(14)12-9-11(19)6-7-13(12)29-17(20)21/h6-7,9,15,17H,3-5,8H2,1-2H3,(H,22,23,25)/t15-/m0/s1. The highest BCUT2D eigenvalue weighted by molar-refractivity contribution is 9.10. The number of hydrogen-bond acceptors (Lipinski definition) is 7. The summed E-state index contributed by atoms with van der Waals surface area (Å²) in [7, 11) is 0. The van der Waals surface area contributed by atoms with Crippen molar-refractivity contribution in [3.63, 3.8) is 0 Å². The van der Waals surface area contributed by atoms with Crippen molar-refractivity contribution in [1.29, 1.82) is 0 Å². The molecular weight excluding hydrogens is 452 g/mol. The van der Waals surface area contributed by atoms with Gasteiger partial charge in [0.05, 0.1) is 12.2 Å². The quantitative estimate of drug-likeness (QED) is 0.458. The number of esters is 1. The van der Waals surface area contributed by atoms with Crippen molar-refractivity contribution < 1.29 is 23.0 Å². The summed E-state index contributed by atoms with van der Waals surface area (Å²) in [4.78, 5) is 12.9. The summed E-state index contributed by atoms with van der Waals surface area (Å²) in [6.07, 6.45) is 2.66. The summed E-state index contributed by atoms with van der Waals surface area (Å²) in [6, 6.07) is 3.67. The van der Waals surface area contributed by atoms with Gasteiger partial charge in [0.2, 0.25) is 5.95 Å². The first-order chi connectivity index (χ1) is 13.9. The number of nitrogens with one attached hydrogen (secondary N) is 1. The highest BCUT2D eigenvalue weighted by atomic mass is 79.9. The Hall–Kier alpha value is -2.56. The Morgan fingerprint density at radius 3 is 2.90 bits per heavy atom. The number of unbranched alkanes of at least 4 members (excludes halogenated alkanes) is 2. The third-order valence-electron chi connectivity index (χ3n) is 4.40. The Morgan fingerprint density at radius 2 is 2.17 bits per heavy atom. The number of fused-ring (bicyclic) bond motifs is 1. The summed E-state index contributed by atoms with van der Waals surface area (Å²) in [5.41, 5.74) is 0.994. The first-order valence-corrected chi connectivity index (χ1v) is 9.88. The van der Waals surface area contributed by atoms with Gasteiger partial charge in [0.1, 0.15) is 11.8 Å². The summed E-state index contributed by atoms with van der Waals surface area (Å²) >= 11 is 3.34. The number of nitrogens with zero attached hydrogens (tertiary/aromatic N) is 4. The number of benzene rings is 1. The summed E-state index contributed by atoms with van der Waals surface area (Å²) in [5.74, 6) is -0.376. The van der Waals surface area contributed by atoms with Gasteiger partial charge >= 0.3 is 12.6 Å². The molecule has 1 N–H and O–H groups in total. The lowest BCUT2D eigenvalue weighted by Gasteiger charge is -2.28. The Bertz CT molecular complexity index is 919. The Morgan fingerprint density at radius 1 is 1.38 bits per heavy atom. The van der Waals surface area contributed by atoms with Crippen LogP contribution in [0.4, 0.5) is 14.7 Å². The van der Waals surface area contributed by atoms with Crippen molar-refractivity contribution in [2.24, 2.45) is 0 Å². The molecule has 0 spiro atoms. The van der Waals surface area contributed by atoms with Crippen LogP contribution in [0, 0.1) is 0 Å². The maximum absolute atomic E-state index is 13.0. The van der Waals surface area contributed by atoms with Gasteiger partial charge in [-0.2, -0.15) is 13.5 Å². The van der Waals surface area contributed by atoms with Gasteiger partial charge in [-0.3, -0.25) is 0 Å². The second kappa shape index (κ2) is 9.29. The second-order valence-corrected chi connectivity index (χ2v) is 7.33. The molecule has 1 aliphatic rings. The number of rotatable bonds is 8. The molecule has 1 atom stereocenters. The van der Waals surface area contributed by atoms with Gasteiger partial charge in [0.25, 0.3) is 0 Å². The van der Waals surface area contributed by atoms with Gasteiger partial charge in [-0.05, 0) is 42.0 Å². The molecule has 0 saturated heterocycles. The van der Waals surface area contributed by atoms with Crippen LogP contribution in [0.5, 0.6) is 5.75 Å². The lowest BCUT2D eigenvalue weighted by Crippen LogP contribution is -2.30. The number of hydrogen-bond donors (Lipinski definition) is 1. The molecule has 0 aliphatic carbocycles. The zero-order chi connectivity index (χ0) is 21.0. The van der Waals surface area contributed by atoms with Crippen molar-refractivity contribution in [2.45, 2.75) is 45.8 Å². The number of alkyl halides is 2. The zero-order valence-electron chi connectivity index (χ0n) is 15.9. The van der Waals surface area contributed by atoms with Crippen molar-refractivity contribution >= 4 is 27.8 Å². The molecule has 0 radical (unpaired) electrons. The molecule has 2 aromatic rings. The molecule has 3 rings (SSSR count). The van der Waals surface area contributed by atoms with Crippen LogP contribution in [0.15, 0.2) is 33.9 Å². The normalized spacial score (nSPS) is 15.9. The number of allylic oxidation sites excluding steroid dienone is 1. The lowest BCUT2D eigenvalue weighted by atomic mass is 9.95. The van der Waals surface area contributed by atoms with Crippen LogP contribution >= 0.6 is 15.9 Å². The van der Waals surface area contributed by atoms with E-state index in [9.17, 15) is 13.6 Å². The van der Waals surface area contributed by atoms with Crippen LogP contribution in [0.2, 0.25) is 0 Å². The van der Waals surface area contributed by atoms with E-state index in [2.05, 4.69) is 36.8 Å². The fraction of sp³-hybridized carbons (Fsp3) is 0.444. The molecule has 0 amide bonds. The van der Waals surface area contributed by atoms with E-state index >= 15 is 0 Å². The number of tetrazole rings is 1. The van der Waals surface area contributed by atoms with Crippen LogP contribution in [0.1, 0.15) is 44.7 Å². The lowest BCUT2D eigenvalue weighted by molar-refractivity contribution is -0.139. The molecule has 0 saturated carbocycles. The first kappa shape index (κ1) is 21.2. The van der Waals surface area contributed by atoms with E-state index < -0.39 is 18.6 Å². The van der Waals surface area contributed by atoms with Gasteiger partial charge in [-0.25, -0.2) is 4.79 Å². The number of ether oxygens (including phenoxy) is 2. The molecule has 0 fully saturated rings. The van der Waals surface area contributed by atoms with Crippen LogP contribution in [-0.4, -0.2) is 39.4 Å². The molecular formula is C18H20BrF2N5O3. The minimum Gasteiger partial charge on any atom is -0.462 e. The highest BCUT2D eigenvalue weighted by Crippen LogP contribution is 2.40. The van der Waals surface area contributed by atoms with Gasteiger partial charge in [-0.15, -0.1) is 0 Å². The van der Waals surface area contributed by atoms with Crippen LogP contribution < -0.4 is 10.1 Å². The topological polar surface area (TPSA) is 91.2 Å². The molecule has 1 aromatic carbocycles. The number of anilines is 1. The molecule has 0 bridgehead atoms. The third kappa shape index (κ3) is 4.72. The fourth-order valence-corrected chi connectivity index (χ4v) is 3.47. The molecule has 11 heteroatoms. The Balaban J connectivity index is 2.04. The zero-order valence-corrected chi connectivity index (χ0v) is 17.4. The number of aromatic nitrogens is 4. The Labute approximate surface area is 174 Å². The minimum atomic E-state index is -3.03. The largest absolute Gasteiger partial charge is 0.462 e. The van der Waals surface area contributed by atoms with E-state index in [-0.39, 0.29) is 23.9 Å². The van der Waals surface area contributed by atoms with E-state index in [1.807, 2.05) is 6.92 Å². The summed E-state index contributed by atoms with van der Waals surface area (Å²) < 4.78 is 38.0. The van der Waals surface area contributed by atoms with Crippen LogP contribution in [-0.2, 0) is 9.53 Å². The molecule has 156 valence electrons. The highest BCUT2D eigenvalue weighted by Gasteiger charge is 2.37. The number of carbonyl (C=O) groups excluding carboxylic acids is 1. The van der Waals surface area contributed by atoms with Gasteiger partial charge in [-0.1, -0.05) is 40.8 Å². The molecule has 29 heavy (non-hydrogen) atoms. The van der Waals surface area contributed by atoms with Gasteiger partial charge < -0.3 is 14.8 Å². The predicted molar refractivity (Wildman–Crippen MR) is 104 cm³/mol. The second-order valence-electron chi connectivity index (χ2n) is 6.42. The van der Waals surface area contributed by atoms with Crippen molar-refractivity contribution in [1.82, 2.24) is 20.2 Å². The van der Waals surface area contributed by atoms with E-state index in [1.54, 1.807) is 19.1 Å². The average molecular weight is 472 g/mol. The number of halogens is 3. The maximum atomic E-state index is 13.0. The first-order valence-electron chi connectivity index (χ1n) is 9.09. The number of carbonyl (C=O) groups is 1. The molecule has 0 unspecified atom stereocenters. The smallest absolute Gasteiger partial charge is 0.387 e. The van der Waals surface area contributed by atoms with Gasteiger partial charge in [0, 0.05) is 15.7 Å². The van der Waals surface area contributed by atoms with Crippen molar-refractivity contribution in [3.05, 3.63) is 39.5 Å². The summed E-state index contributed by atoms with van der Waals surface area (Å²) in [5, 5.41) is 14.4. The molecule has 1 aromatic heterocycles. The van der Waals surface area contributed by atoms with E-state index in [1.165, 1.54) is 10.7 Å². The predicted octanol–water partition coefficient (Wildman–Crippen LogP) is 4.06. The SMILES string of the molecule is CCCCCOC(=O)C1=C(C)Nc2nnnn2[C@H]1c1cc(Br)ccc1OC(F)F. The summed E-state index contributed by atoms with van der Waals surface area (Å²) in [6.45, 7) is 0.961. The van der Waals surface area contributed by atoms with E-state index in [0.717, 1.165) is 19.3 Å². The van der Waals surface area contributed by atoms with Crippen molar-refractivity contribution in [3.8, 4) is 5.75 Å². The van der Waals surface area contributed by atoms with Crippen LogP contribution in [0.25, 0.3) is 0 Å². The fourth-order valence-electron chi connectivity index (χ4n) is 3.10. The molecule has 1 aliphatic heterocycles. The molecule has 8 nitrogen and oxygen atoms in total. The molecule has 2 heterocycles. The third-order valence-corrected chi connectivity index (χ3v) is 4.89. The minimum absolute atomic E-state index is 0.0827.